The van der Waals surface area contributed by atoms with E-state index in [1.54, 1.807) is 0 Å². The molecular weight excluding hydrogens is 177 g/mol. The first kappa shape index (κ1) is 9.66. The maximum Gasteiger partial charge on any atom is 0.0965 e. The summed E-state index contributed by atoms with van der Waals surface area (Å²) in [4.78, 5) is 0. The van der Waals surface area contributed by atoms with Crippen LogP contribution in [0, 0.1) is 5.92 Å². The lowest BCUT2D eigenvalue weighted by atomic mass is 9.94. The summed E-state index contributed by atoms with van der Waals surface area (Å²) < 4.78 is 12.8. The molecule has 14 heavy (non-hydrogen) atoms. The molecule has 0 bridgehead atoms. The molecule has 0 heterocycles. The second-order valence-corrected chi connectivity index (χ2v) is 4.05. The van der Waals surface area contributed by atoms with E-state index in [-0.39, 0.29) is 12.6 Å². The fourth-order valence-electron chi connectivity index (χ4n) is 1.94. The monoisotopic (exact) mass is 193 g/mol. The second-order valence-electron chi connectivity index (χ2n) is 4.05. The zero-order valence-electron chi connectivity index (χ0n) is 8.25. The highest BCUT2D eigenvalue weighted by Gasteiger charge is 2.32. The minimum absolute atomic E-state index is 0.112. The summed E-state index contributed by atoms with van der Waals surface area (Å²) >= 11 is 0. The van der Waals surface area contributed by atoms with E-state index in [1.807, 2.05) is 24.3 Å². The van der Waals surface area contributed by atoms with Gasteiger partial charge in [0.1, 0.15) is 0 Å². The summed E-state index contributed by atoms with van der Waals surface area (Å²) in [5.41, 5.74) is 7.78. The average Bonchev–Trinajstić information content (AvgIpc) is 3.04. The van der Waals surface area contributed by atoms with Crippen molar-refractivity contribution in [3.05, 3.63) is 35.4 Å². The molecule has 1 atom stereocenters. The molecule has 0 radical (unpaired) electrons. The van der Waals surface area contributed by atoms with Crippen LogP contribution < -0.4 is 5.73 Å². The Bertz CT molecular complexity index is 307. The first-order chi connectivity index (χ1) is 6.85. The molecule has 1 saturated carbocycles. The maximum absolute atomic E-state index is 12.8. The van der Waals surface area contributed by atoms with Gasteiger partial charge in [0.15, 0.2) is 0 Å². The molecule has 76 valence electrons. The van der Waals surface area contributed by atoms with Gasteiger partial charge >= 0.3 is 0 Å². The van der Waals surface area contributed by atoms with E-state index in [9.17, 15) is 4.39 Å². The van der Waals surface area contributed by atoms with Crippen molar-refractivity contribution in [1.82, 2.24) is 0 Å². The zero-order valence-corrected chi connectivity index (χ0v) is 8.25. The van der Waals surface area contributed by atoms with Crippen LogP contribution in [0.25, 0.3) is 0 Å². The molecule has 0 saturated heterocycles. The normalized spacial score (nSPS) is 18.1. The van der Waals surface area contributed by atoms with Gasteiger partial charge in [0.2, 0.25) is 0 Å². The van der Waals surface area contributed by atoms with Gasteiger partial charge in [-0.25, -0.2) is 0 Å². The second kappa shape index (κ2) is 4.09. The third-order valence-corrected chi connectivity index (χ3v) is 2.97. The lowest BCUT2D eigenvalue weighted by molar-refractivity contribution is 0.404. The van der Waals surface area contributed by atoms with Crippen LogP contribution in [0.5, 0.6) is 0 Å². The van der Waals surface area contributed by atoms with Crippen molar-refractivity contribution < 1.29 is 4.39 Å². The Morgan fingerprint density at radius 2 is 2.21 bits per heavy atom. The largest absolute Gasteiger partial charge is 0.326 e. The standard InChI is InChI=1S/C12H16FN/c13-7-12(10-4-5-10)11-3-1-2-9(6-11)8-14/h1-3,6,10,12H,4-5,7-8,14H2. The lowest BCUT2D eigenvalue weighted by Gasteiger charge is -2.13. The molecule has 1 aliphatic carbocycles. The Kier molecular flexibility index (Phi) is 2.82. The van der Waals surface area contributed by atoms with Crippen LogP contribution in [0.1, 0.15) is 29.9 Å². The number of alkyl halides is 1. The maximum atomic E-state index is 12.8. The fraction of sp³-hybridized carbons (Fsp3) is 0.500. The summed E-state index contributed by atoms with van der Waals surface area (Å²) in [6, 6.07) is 8.03. The van der Waals surface area contributed by atoms with E-state index in [2.05, 4.69) is 0 Å². The Hall–Kier alpha value is -0.890. The van der Waals surface area contributed by atoms with Crippen molar-refractivity contribution in [2.45, 2.75) is 25.3 Å². The van der Waals surface area contributed by atoms with Crippen molar-refractivity contribution in [3.63, 3.8) is 0 Å². The number of nitrogens with two attached hydrogens (primary N) is 1. The Morgan fingerprint density at radius 1 is 1.43 bits per heavy atom. The van der Waals surface area contributed by atoms with E-state index in [0.717, 1.165) is 11.1 Å². The summed E-state index contributed by atoms with van der Waals surface area (Å²) in [6.45, 7) is 0.302. The van der Waals surface area contributed by atoms with Crippen LogP contribution in [0.4, 0.5) is 4.39 Å². The number of rotatable bonds is 4. The quantitative estimate of drug-likeness (QED) is 0.781. The summed E-state index contributed by atoms with van der Waals surface area (Å²) in [7, 11) is 0. The molecular formula is C12H16FN. The van der Waals surface area contributed by atoms with Crippen LogP contribution >= 0.6 is 0 Å². The Balaban J connectivity index is 2.20. The minimum Gasteiger partial charge on any atom is -0.326 e. The van der Waals surface area contributed by atoms with E-state index in [1.165, 1.54) is 12.8 Å². The molecule has 1 unspecified atom stereocenters. The summed E-state index contributed by atoms with van der Waals surface area (Å²) in [5, 5.41) is 0. The van der Waals surface area contributed by atoms with E-state index in [4.69, 9.17) is 5.73 Å². The molecule has 1 fully saturated rings. The van der Waals surface area contributed by atoms with Gasteiger partial charge < -0.3 is 5.73 Å². The van der Waals surface area contributed by atoms with Crippen LogP contribution in [-0.2, 0) is 6.54 Å². The molecule has 1 nitrogen and oxygen atoms in total. The molecule has 1 aromatic rings. The summed E-state index contributed by atoms with van der Waals surface area (Å²) in [5.74, 6) is 0.689. The van der Waals surface area contributed by atoms with Crippen LogP contribution in [0.3, 0.4) is 0 Å². The predicted octanol–water partition coefficient (Wildman–Crippen LogP) is 2.61. The van der Waals surface area contributed by atoms with Crippen molar-refractivity contribution in [2.75, 3.05) is 6.67 Å². The van der Waals surface area contributed by atoms with Gasteiger partial charge in [-0.3, -0.25) is 4.39 Å². The average molecular weight is 193 g/mol. The molecule has 2 rings (SSSR count). The molecule has 0 amide bonds. The molecule has 1 aliphatic rings. The van der Waals surface area contributed by atoms with E-state index < -0.39 is 0 Å². The topological polar surface area (TPSA) is 26.0 Å². The Morgan fingerprint density at radius 3 is 2.79 bits per heavy atom. The van der Waals surface area contributed by atoms with Gasteiger partial charge in [-0.2, -0.15) is 0 Å². The number of halogens is 1. The van der Waals surface area contributed by atoms with Crippen LogP contribution in [0.2, 0.25) is 0 Å². The van der Waals surface area contributed by atoms with E-state index in [0.29, 0.717) is 12.5 Å². The van der Waals surface area contributed by atoms with Crippen molar-refractivity contribution in [3.8, 4) is 0 Å². The molecule has 2 N–H and O–H groups in total. The van der Waals surface area contributed by atoms with Gasteiger partial charge in [0.05, 0.1) is 6.67 Å². The van der Waals surface area contributed by atoms with Gasteiger partial charge in [0, 0.05) is 12.5 Å². The number of hydrogen-bond acceptors (Lipinski definition) is 1. The predicted molar refractivity (Wildman–Crippen MR) is 55.8 cm³/mol. The van der Waals surface area contributed by atoms with Crippen molar-refractivity contribution in [2.24, 2.45) is 11.7 Å². The van der Waals surface area contributed by atoms with Gasteiger partial charge in [-0.05, 0) is 29.9 Å². The van der Waals surface area contributed by atoms with Gasteiger partial charge in [0.25, 0.3) is 0 Å². The minimum atomic E-state index is -0.237. The molecule has 1 aromatic carbocycles. The Labute approximate surface area is 84.1 Å². The fourth-order valence-corrected chi connectivity index (χ4v) is 1.94. The van der Waals surface area contributed by atoms with Crippen molar-refractivity contribution in [1.29, 1.82) is 0 Å². The smallest absolute Gasteiger partial charge is 0.0965 e. The first-order valence-electron chi connectivity index (χ1n) is 5.20. The van der Waals surface area contributed by atoms with Crippen LogP contribution in [0.15, 0.2) is 24.3 Å². The van der Waals surface area contributed by atoms with Gasteiger partial charge in [-0.1, -0.05) is 24.3 Å². The van der Waals surface area contributed by atoms with Crippen LogP contribution in [-0.4, -0.2) is 6.67 Å². The molecule has 2 heteroatoms. The van der Waals surface area contributed by atoms with Gasteiger partial charge in [-0.15, -0.1) is 0 Å². The molecule has 0 aliphatic heterocycles. The zero-order chi connectivity index (χ0) is 9.97. The van der Waals surface area contributed by atoms with E-state index >= 15 is 0 Å². The molecule has 0 spiro atoms. The highest BCUT2D eigenvalue weighted by atomic mass is 19.1. The first-order valence-corrected chi connectivity index (χ1v) is 5.20. The van der Waals surface area contributed by atoms with Crippen molar-refractivity contribution >= 4 is 0 Å². The molecule has 0 aromatic heterocycles. The third-order valence-electron chi connectivity index (χ3n) is 2.97. The number of benzene rings is 1. The lowest BCUT2D eigenvalue weighted by Crippen LogP contribution is -2.05. The number of hydrogen-bond donors (Lipinski definition) is 1. The summed E-state index contributed by atoms with van der Waals surface area (Å²) in [6.07, 6.45) is 2.36. The SMILES string of the molecule is NCc1cccc(C(CF)C2CC2)c1. The highest BCUT2D eigenvalue weighted by molar-refractivity contribution is 5.27. The highest BCUT2D eigenvalue weighted by Crippen LogP contribution is 2.42. The third kappa shape index (κ3) is 1.95.